The molecule has 0 aromatic rings. The average Bonchev–Trinajstić information content (AvgIpc) is 1.35. The molecule has 0 saturated heterocycles. The molecule has 0 radical (unpaired) electrons. The fourth-order valence-corrected chi connectivity index (χ4v) is 0.224. The monoisotopic (exact) mass is 107 g/mol. The van der Waals surface area contributed by atoms with Crippen molar-refractivity contribution in [2.24, 2.45) is 0 Å². The number of hydrogen-bond acceptors (Lipinski definition) is 3. The molecule has 0 spiro atoms. The lowest BCUT2D eigenvalue weighted by Gasteiger charge is -1.91. The molecule has 0 bridgehead atoms. The van der Waals surface area contributed by atoms with Gasteiger partial charge in [0.25, 0.3) is 0 Å². The third kappa shape index (κ3) is 4.02. The molecule has 0 heterocycles. The molecular weight excluding hydrogens is 101 g/mol. The summed E-state index contributed by atoms with van der Waals surface area (Å²) in [5, 5.41) is 22.2. The molecule has 0 aliphatic heterocycles. The van der Waals surface area contributed by atoms with Gasteiger partial charge in [0.2, 0.25) is 0 Å². The molecule has 4 heteroatoms. The van der Waals surface area contributed by atoms with E-state index in [-0.39, 0.29) is 8.58 Å². The van der Waals surface area contributed by atoms with Gasteiger partial charge in [0.05, 0.1) is 0 Å². The van der Waals surface area contributed by atoms with E-state index >= 15 is 0 Å². The number of rotatable bonds is 2. The summed E-state index contributed by atoms with van der Waals surface area (Å²) < 4.78 is 0. The third-order valence-corrected chi connectivity index (χ3v) is 0.697. The molecule has 0 aliphatic carbocycles. The second kappa shape index (κ2) is 3.22. The second-order valence-corrected chi connectivity index (χ2v) is 1.82. The molecule has 0 aliphatic rings. The van der Waals surface area contributed by atoms with Crippen LogP contribution in [0.4, 0.5) is 0 Å². The van der Waals surface area contributed by atoms with Crippen LogP contribution >= 0.6 is 8.58 Å². The van der Waals surface area contributed by atoms with Crippen LogP contribution in [0.5, 0.6) is 0 Å². The maximum absolute atomic E-state index is 7.97. The van der Waals surface area contributed by atoms with Crippen molar-refractivity contribution in [2.75, 3.05) is 0 Å². The molecule has 0 rings (SSSR count). The van der Waals surface area contributed by atoms with Crippen LogP contribution in [0.25, 0.3) is 0 Å². The highest BCUT2D eigenvalue weighted by Crippen LogP contribution is 2.06. The second-order valence-electron chi connectivity index (χ2n) is 0.685. The number of hydrogen-bond donors (Lipinski definition) is 3. The van der Waals surface area contributed by atoms with E-state index in [9.17, 15) is 0 Å². The van der Waals surface area contributed by atoms with Crippen molar-refractivity contribution >= 4 is 14.5 Å². The van der Waals surface area contributed by atoms with E-state index in [1.54, 1.807) is 0 Å². The molecule has 3 nitrogen and oxygen atoms in total. The minimum Gasteiger partial charge on any atom is -0.365 e. The Labute approximate surface area is 37.3 Å². The van der Waals surface area contributed by atoms with Crippen molar-refractivity contribution in [3.05, 3.63) is 0 Å². The van der Waals surface area contributed by atoms with Gasteiger partial charge in [-0.2, -0.15) is 0 Å². The van der Waals surface area contributed by atoms with Gasteiger partial charge in [-0.05, 0) is 8.58 Å². The number of aliphatic hydroxyl groups excluding tert-OH is 1. The summed E-state index contributed by atoms with van der Waals surface area (Å²) in [4.78, 5) is 0. The minimum atomic E-state index is -1.32. The SMILES string of the molecule is N=CPC(O)O. The van der Waals surface area contributed by atoms with Crippen LogP contribution in [-0.4, -0.2) is 22.2 Å². The van der Waals surface area contributed by atoms with Gasteiger partial charge in [-0.25, -0.2) is 0 Å². The molecular formula is C2H6NO2P. The first kappa shape index (κ1) is 6.02. The number of nitrogens with one attached hydrogen (secondary N) is 1. The van der Waals surface area contributed by atoms with Crippen molar-refractivity contribution in [1.82, 2.24) is 0 Å². The Bertz CT molecular complexity index is 46.8. The molecule has 0 saturated carbocycles. The molecule has 1 unspecified atom stereocenters. The van der Waals surface area contributed by atoms with E-state index in [1.165, 1.54) is 0 Å². The van der Waals surface area contributed by atoms with Crippen LogP contribution in [0.2, 0.25) is 0 Å². The zero-order valence-corrected chi connectivity index (χ0v) is 4.05. The quantitative estimate of drug-likeness (QED) is 0.254. The van der Waals surface area contributed by atoms with Gasteiger partial charge in [-0.1, -0.05) is 0 Å². The predicted molar refractivity (Wildman–Crippen MR) is 25.3 cm³/mol. The lowest BCUT2D eigenvalue weighted by molar-refractivity contribution is 0.0384. The minimum absolute atomic E-state index is 0.176. The first-order valence-corrected chi connectivity index (χ1v) is 2.54. The van der Waals surface area contributed by atoms with E-state index in [4.69, 9.17) is 15.6 Å². The lowest BCUT2D eigenvalue weighted by atomic mass is 11.5. The van der Waals surface area contributed by atoms with Crippen molar-refractivity contribution in [2.45, 2.75) is 6.03 Å². The van der Waals surface area contributed by atoms with E-state index in [2.05, 4.69) is 0 Å². The zero-order chi connectivity index (χ0) is 4.99. The summed E-state index contributed by atoms with van der Waals surface area (Å²) in [5.74, 6) is 0.977. The summed E-state index contributed by atoms with van der Waals surface area (Å²) in [7, 11) is -0.176. The smallest absolute Gasteiger partial charge is 0.172 e. The number of aliphatic hydroxyl groups is 2. The van der Waals surface area contributed by atoms with Gasteiger partial charge in [0, 0.05) is 5.96 Å². The summed E-state index contributed by atoms with van der Waals surface area (Å²) in [6.07, 6.45) is 0. The Morgan fingerprint density at radius 1 is 1.67 bits per heavy atom. The van der Waals surface area contributed by atoms with E-state index in [1.807, 2.05) is 0 Å². The molecule has 0 amide bonds. The van der Waals surface area contributed by atoms with Crippen molar-refractivity contribution in [3.8, 4) is 0 Å². The molecule has 6 heavy (non-hydrogen) atoms. The Balaban J connectivity index is 2.81. The fourth-order valence-electron chi connectivity index (χ4n) is 0.0745. The van der Waals surface area contributed by atoms with Crippen molar-refractivity contribution in [3.63, 3.8) is 0 Å². The highest BCUT2D eigenvalue weighted by atomic mass is 31.1. The van der Waals surface area contributed by atoms with Crippen molar-refractivity contribution in [1.29, 1.82) is 5.41 Å². The maximum Gasteiger partial charge on any atom is 0.172 e. The average molecular weight is 107 g/mol. The standard InChI is InChI=1S/C2H6NO2P/c3-1-6-2(4)5/h1-6H. The fraction of sp³-hybridized carbons (Fsp3) is 0.500. The van der Waals surface area contributed by atoms with Gasteiger partial charge in [0.1, 0.15) is 0 Å². The van der Waals surface area contributed by atoms with E-state index < -0.39 is 6.03 Å². The molecule has 36 valence electrons. The topological polar surface area (TPSA) is 64.3 Å². The van der Waals surface area contributed by atoms with Gasteiger partial charge < -0.3 is 15.6 Å². The molecule has 0 aromatic heterocycles. The van der Waals surface area contributed by atoms with Gasteiger partial charge >= 0.3 is 0 Å². The normalized spacial score (nSPS) is 11.2. The first-order valence-electron chi connectivity index (χ1n) is 1.38. The predicted octanol–water partition coefficient (Wildman–Crippen LogP) is -0.460. The van der Waals surface area contributed by atoms with Gasteiger partial charge in [-0.15, -0.1) is 0 Å². The van der Waals surface area contributed by atoms with Gasteiger partial charge in [0.15, 0.2) is 6.03 Å². The molecule has 3 N–H and O–H groups in total. The van der Waals surface area contributed by atoms with Crippen LogP contribution in [0.15, 0.2) is 0 Å². The Morgan fingerprint density at radius 3 is 2.17 bits per heavy atom. The van der Waals surface area contributed by atoms with Crippen LogP contribution in [-0.2, 0) is 0 Å². The molecule has 0 aromatic carbocycles. The van der Waals surface area contributed by atoms with Crippen LogP contribution in [0.1, 0.15) is 0 Å². The Kier molecular flexibility index (Phi) is 3.23. The zero-order valence-electron chi connectivity index (χ0n) is 3.05. The molecule has 1 atom stereocenters. The van der Waals surface area contributed by atoms with Crippen LogP contribution in [0, 0.1) is 5.41 Å². The first-order chi connectivity index (χ1) is 2.77. The van der Waals surface area contributed by atoms with Gasteiger partial charge in [-0.3, -0.25) is 0 Å². The Morgan fingerprint density at radius 2 is 2.17 bits per heavy atom. The summed E-state index contributed by atoms with van der Waals surface area (Å²) in [6, 6.07) is -1.32. The summed E-state index contributed by atoms with van der Waals surface area (Å²) in [6.45, 7) is 0. The van der Waals surface area contributed by atoms with E-state index in [0.29, 0.717) is 0 Å². The third-order valence-electron chi connectivity index (χ3n) is 0.232. The summed E-state index contributed by atoms with van der Waals surface area (Å²) in [5.41, 5.74) is 0. The van der Waals surface area contributed by atoms with Crippen molar-refractivity contribution < 1.29 is 10.2 Å². The summed E-state index contributed by atoms with van der Waals surface area (Å²) >= 11 is 0. The Hall–Kier alpha value is 0.0200. The maximum atomic E-state index is 7.97. The highest BCUT2D eigenvalue weighted by molar-refractivity contribution is 7.55. The van der Waals surface area contributed by atoms with E-state index in [0.717, 1.165) is 5.96 Å². The largest absolute Gasteiger partial charge is 0.365 e. The lowest BCUT2D eigenvalue weighted by Crippen LogP contribution is -1.92. The van der Waals surface area contributed by atoms with Crippen LogP contribution < -0.4 is 0 Å². The highest BCUT2D eigenvalue weighted by Gasteiger charge is 1.86. The molecule has 0 fully saturated rings. The van der Waals surface area contributed by atoms with Crippen LogP contribution in [0.3, 0.4) is 0 Å².